The van der Waals surface area contributed by atoms with Gasteiger partial charge >= 0.3 is 6.18 Å². The average Bonchev–Trinajstić information content (AvgIpc) is 3.25. The van der Waals surface area contributed by atoms with E-state index in [1.165, 1.54) is 12.1 Å². The van der Waals surface area contributed by atoms with Crippen LogP contribution in [0.4, 0.5) is 13.2 Å². The van der Waals surface area contributed by atoms with Crippen LogP contribution in [0.2, 0.25) is 0 Å². The van der Waals surface area contributed by atoms with Crippen molar-refractivity contribution in [2.45, 2.75) is 6.18 Å². The first-order chi connectivity index (χ1) is 13.9. The van der Waals surface area contributed by atoms with Gasteiger partial charge < -0.3 is 14.6 Å². The molecule has 148 valence electrons. The van der Waals surface area contributed by atoms with E-state index in [1.807, 2.05) is 41.2 Å². The predicted molar refractivity (Wildman–Crippen MR) is 103 cm³/mol. The summed E-state index contributed by atoms with van der Waals surface area (Å²) in [5.74, 6) is 5.17. The van der Waals surface area contributed by atoms with Gasteiger partial charge in [0, 0.05) is 23.6 Å². The van der Waals surface area contributed by atoms with Crippen LogP contribution in [0.15, 0.2) is 73.1 Å². The summed E-state index contributed by atoms with van der Waals surface area (Å²) in [5.41, 5.74) is 0.666. The van der Waals surface area contributed by atoms with Crippen LogP contribution in [0.1, 0.15) is 15.9 Å². The Balaban J connectivity index is 1.45. The van der Waals surface area contributed by atoms with Crippen LogP contribution in [0, 0.1) is 11.8 Å². The van der Waals surface area contributed by atoms with Gasteiger partial charge in [-0.15, -0.1) is 0 Å². The zero-order valence-electron chi connectivity index (χ0n) is 15.2. The maximum atomic E-state index is 12.6. The van der Waals surface area contributed by atoms with E-state index < -0.39 is 11.7 Å². The second kappa shape index (κ2) is 9.02. The zero-order valence-corrected chi connectivity index (χ0v) is 15.2. The van der Waals surface area contributed by atoms with Crippen LogP contribution in [0.5, 0.6) is 5.75 Å². The third-order valence-corrected chi connectivity index (χ3v) is 3.97. The normalized spacial score (nSPS) is 10.7. The molecule has 29 heavy (non-hydrogen) atoms. The lowest BCUT2D eigenvalue weighted by Gasteiger charge is -2.08. The number of amides is 1. The highest BCUT2D eigenvalue weighted by Gasteiger charge is 2.30. The topological polar surface area (TPSA) is 43.3 Å². The fourth-order valence-corrected chi connectivity index (χ4v) is 2.51. The molecule has 3 aromatic rings. The molecule has 1 heterocycles. The van der Waals surface area contributed by atoms with Crippen LogP contribution in [0.25, 0.3) is 5.69 Å². The van der Waals surface area contributed by atoms with Gasteiger partial charge in [-0.25, -0.2) is 0 Å². The van der Waals surface area contributed by atoms with Crippen molar-refractivity contribution in [2.24, 2.45) is 0 Å². The summed E-state index contributed by atoms with van der Waals surface area (Å²) in [7, 11) is 0. The van der Waals surface area contributed by atoms with Crippen molar-refractivity contribution in [1.29, 1.82) is 0 Å². The summed E-state index contributed by atoms with van der Waals surface area (Å²) < 4.78 is 45.0. The van der Waals surface area contributed by atoms with Crippen molar-refractivity contribution in [3.63, 3.8) is 0 Å². The largest absolute Gasteiger partial charge is 0.481 e. The molecule has 3 rings (SSSR count). The summed E-state index contributed by atoms with van der Waals surface area (Å²) >= 11 is 0. The lowest BCUT2D eigenvalue weighted by atomic mass is 10.2. The second-order valence-corrected chi connectivity index (χ2v) is 5.99. The van der Waals surface area contributed by atoms with E-state index in [0.717, 1.165) is 17.8 Å². The van der Waals surface area contributed by atoms with Crippen LogP contribution >= 0.6 is 0 Å². The Morgan fingerprint density at radius 1 is 1.00 bits per heavy atom. The molecule has 1 amide bonds. The number of rotatable bonds is 5. The summed E-state index contributed by atoms with van der Waals surface area (Å²) in [6, 6.07) is 15.5. The molecule has 0 aliphatic carbocycles. The summed E-state index contributed by atoms with van der Waals surface area (Å²) in [6.45, 7) is 0.0207. The monoisotopic (exact) mass is 398 g/mol. The van der Waals surface area contributed by atoms with E-state index in [2.05, 4.69) is 17.2 Å². The second-order valence-electron chi connectivity index (χ2n) is 5.99. The first-order valence-corrected chi connectivity index (χ1v) is 8.71. The highest BCUT2D eigenvalue weighted by molar-refractivity contribution is 5.94. The molecule has 0 saturated heterocycles. The average molecular weight is 398 g/mol. The number of hydrogen-bond donors (Lipinski definition) is 1. The number of nitrogens with zero attached hydrogens (tertiary/aromatic N) is 1. The molecule has 0 bridgehead atoms. The molecule has 0 aliphatic rings. The fraction of sp³-hybridized carbons (Fsp3) is 0.136. The van der Waals surface area contributed by atoms with Crippen LogP contribution in [-0.4, -0.2) is 23.6 Å². The third kappa shape index (κ3) is 5.66. The number of carbonyl (C=O) groups is 1. The summed E-state index contributed by atoms with van der Waals surface area (Å²) in [4.78, 5) is 12.1. The Bertz CT molecular complexity index is 1010. The molecule has 0 aliphatic heterocycles. The molecule has 0 saturated carbocycles. The van der Waals surface area contributed by atoms with E-state index >= 15 is 0 Å². The SMILES string of the molecule is O=C(NCC#CCOc1cccc(C(F)(F)F)c1)c1ccc(-n2cccc2)cc1. The molecular weight excluding hydrogens is 381 g/mol. The number of nitrogens with one attached hydrogen (secondary N) is 1. The van der Waals surface area contributed by atoms with Crippen molar-refractivity contribution in [1.82, 2.24) is 9.88 Å². The zero-order chi connectivity index (χ0) is 20.7. The highest BCUT2D eigenvalue weighted by Crippen LogP contribution is 2.31. The van der Waals surface area contributed by atoms with Gasteiger partial charge in [-0.3, -0.25) is 4.79 Å². The molecular formula is C22H17F3N2O2. The quantitative estimate of drug-likeness (QED) is 0.651. The van der Waals surface area contributed by atoms with Crippen LogP contribution in [0.3, 0.4) is 0 Å². The molecule has 0 radical (unpaired) electrons. The number of aromatic nitrogens is 1. The fourth-order valence-electron chi connectivity index (χ4n) is 2.51. The number of hydrogen-bond acceptors (Lipinski definition) is 2. The van der Waals surface area contributed by atoms with Crippen molar-refractivity contribution >= 4 is 5.91 Å². The van der Waals surface area contributed by atoms with E-state index in [9.17, 15) is 18.0 Å². The number of alkyl halides is 3. The molecule has 2 aromatic carbocycles. The summed E-state index contributed by atoms with van der Waals surface area (Å²) in [6.07, 6.45) is -0.604. The highest BCUT2D eigenvalue weighted by atomic mass is 19.4. The first kappa shape index (κ1) is 20.1. The number of benzene rings is 2. The Kier molecular flexibility index (Phi) is 6.25. The first-order valence-electron chi connectivity index (χ1n) is 8.71. The van der Waals surface area contributed by atoms with Gasteiger partial charge in [-0.2, -0.15) is 13.2 Å². The number of ether oxygens (including phenoxy) is 1. The van der Waals surface area contributed by atoms with Gasteiger partial charge in [0.2, 0.25) is 0 Å². The minimum atomic E-state index is -4.42. The van der Waals surface area contributed by atoms with Gasteiger partial charge in [0.15, 0.2) is 0 Å². The molecule has 0 atom stereocenters. The van der Waals surface area contributed by atoms with E-state index in [4.69, 9.17) is 4.74 Å². The number of halogens is 3. The molecule has 0 fully saturated rings. The van der Waals surface area contributed by atoms with Gasteiger partial charge in [-0.1, -0.05) is 17.9 Å². The molecule has 1 N–H and O–H groups in total. The van der Waals surface area contributed by atoms with Gasteiger partial charge in [-0.05, 0) is 54.6 Å². The Morgan fingerprint density at radius 3 is 2.41 bits per heavy atom. The van der Waals surface area contributed by atoms with Gasteiger partial charge in [0.25, 0.3) is 5.91 Å². The molecule has 1 aromatic heterocycles. The van der Waals surface area contributed by atoms with Crippen LogP contribution in [-0.2, 0) is 6.18 Å². The smallest absolute Gasteiger partial charge is 0.416 e. The lowest BCUT2D eigenvalue weighted by Crippen LogP contribution is -2.23. The maximum Gasteiger partial charge on any atom is 0.416 e. The summed E-state index contributed by atoms with van der Waals surface area (Å²) in [5, 5.41) is 2.66. The molecule has 7 heteroatoms. The van der Waals surface area contributed by atoms with E-state index in [1.54, 1.807) is 12.1 Å². The van der Waals surface area contributed by atoms with Crippen molar-refractivity contribution in [2.75, 3.05) is 13.2 Å². The predicted octanol–water partition coefficient (Wildman–Crippen LogP) is 4.31. The minimum Gasteiger partial charge on any atom is -0.481 e. The standard InChI is InChI=1S/C22H17F3N2O2/c23-22(24,25)18-6-5-7-20(16-18)29-15-4-1-12-26-21(28)17-8-10-19(11-9-17)27-13-2-3-14-27/h2-3,5-11,13-14,16H,12,15H2,(H,26,28). The van der Waals surface area contributed by atoms with Crippen LogP contribution < -0.4 is 10.1 Å². The minimum absolute atomic E-state index is 0.0806. The van der Waals surface area contributed by atoms with E-state index in [0.29, 0.717) is 5.56 Å². The van der Waals surface area contributed by atoms with Gasteiger partial charge in [0.05, 0.1) is 12.1 Å². The van der Waals surface area contributed by atoms with Crippen molar-refractivity contribution in [3.05, 3.63) is 84.2 Å². The van der Waals surface area contributed by atoms with E-state index in [-0.39, 0.29) is 24.8 Å². The number of carbonyl (C=O) groups excluding carboxylic acids is 1. The Morgan fingerprint density at radius 2 is 1.72 bits per heavy atom. The molecule has 0 spiro atoms. The van der Waals surface area contributed by atoms with Crippen molar-refractivity contribution in [3.8, 4) is 23.3 Å². The third-order valence-electron chi connectivity index (χ3n) is 3.97. The van der Waals surface area contributed by atoms with Gasteiger partial charge in [0.1, 0.15) is 12.4 Å². The Labute approximate surface area is 165 Å². The Hall–Kier alpha value is -3.66. The molecule has 4 nitrogen and oxygen atoms in total. The molecule has 0 unspecified atom stereocenters. The maximum absolute atomic E-state index is 12.6. The lowest BCUT2D eigenvalue weighted by molar-refractivity contribution is -0.137. The van der Waals surface area contributed by atoms with Crippen molar-refractivity contribution < 1.29 is 22.7 Å².